The molecule has 2 heterocycles. The molecule has 4 nitrogen and oxygen atoms in total. The van der Waals surface area contributed by atoms with Gasteiger partial charge in [-0.1, -0.05) is 145 Å². The molecule has 0 unspecified atom stereocenters. The smallest absolute Gasteiger partial charge is 0.166 e. The number of para-hydroxylation sites is 2. The number of fused-ring (bicyclic) bond motifs is 9. The first-order chi connectivity index (χ1) is 29.7. The third-order valence-corrected chi connectivity index (χ3v) is 8.77. The van der Waals surface area contributed by atoms with Gasteiger partial charge in [-0.25, -0.2) is 15.0 Å². The summed E-state index contributed by atoms with van der Waals surface area (Å²) in [6.07, 6.45) is 0. The van der Waals surface area contributed by atoms with Gasteiger partial charge in [0.15, 0.2) is 17.5 Å². The zero-order valence-corrected chi connectivity index (χ0v) is 25.4. The molecule has 0 atom stereocenters. The minimum atomic E-state index is -0.599. The van der Waals surface area contributed by atoms with Crippen LogP contribution in [0.1, 0.15) is 17.8 Å². The summed E-state index contributed by atoms with van der Waals surface area (Å²) < 4.78 is 116. The van der Waals surface area contributed by atoms with Crippen molar-refractivity contribution in [2.45, 2.75) is 0 Å². The highest BCUT2D eigenvalue weighted by molar-refractivity contribution is 6.26. The minimum absolute atomic E-state index is 0.0634. The molecule has 10 aromatic rings. The molecule has 0 bridgehead atoms. The van der Waals surface area contributed by atoms with Crippen LogP contribution in [0.25, 0.3) is 94.0 Å². The second-order valence-electron chi connectivity index (χ2n) is 11.5. The van der Waals surface area contributed by atoms with Gasteiger partial charge in [-0.15, -0.1) is 0 Å². The zero-order chi connectivity index (χ0) is 43.6. The maximum absolute atomic E-state index is 9.31. The summed E-state index contributed by atoms with van der Waals surface area (Å²) in [5.41, 5.74) is 0.369. The van der Waals surface area contributed by atoms with Gasteiger partial charge in [-0.2, -0.15) is 0 Å². The maximum atomic E-state index is 9.31. The summed E-state index contributed by atoms with van der Waals surface area (Å²) in [7, 11) is 0. The molecule has 0 saturated heterocycles. The Bertz CT molecular complexity index is 3520. The van der Waals surface area contributed by atoms with Crippen LogP contribution in [0.3, 0.4) is 0 Å². The van der Waals surface area contributed by atoms with Crippen molar-refractivity contribution in [1.82, 2.24) is 19.5 Å². The standard InChI is InChI=1S/C45H28N4/c1-3-15-29(16-4-1)43-46-44(30-17-5-2-6-18-30)48-45(47-43)39-27-37-33-21-9-7-19-31(33)32-20-8-10-22-34(32)38(37)28-42(39)49-40-25-13-11-23-35(40)36-24-12-14-26-41(36)49/h1-28H/i1D,3D,4D,11D,12D,13D,14D,15D,16D,23D,24D,25D,26D. The Labute approximate surface area is 300 Å². The second kappa shape index (κ2) is 11.0. The van der Waals surface area contributed by atoms with E-state index >= 15 is 0 Å². The molecular weight excluding hydrogens is 597 g/mol. The van der Waals surface area contributed by atoms with Crippen molar-refractivity contribution in [2.75, 3.05) is 0 Å². The first-order valence-electron chi connectivity index (χ1n) is 22.0. The lowest BCUT2D eigenvalue weighted by molar-refractivity contribution is 1.07. The SMILES string of the molecule is [2H]c1c([2H])c([2H])c(-c2nc(-c3ccccc3)nc(-c3cc4c5ccccc5c5ccccc5c4cc3-n3c4c([2H])c([2H])c([2H])c([2H])c4c4c([2H])c([2H])c([2H])c([2H])c43)n2)c([2H])c1[2H]. The van der Waals surface area contributed by atoms with Gasteiger partial charge in [-0.05, 0) is 56.5 Å². The van der Waals surface area contributed by atoms with Gasteiger partial charge < -0.3 is 4.57 Å². The van der Waals surface area contributed by atoms with Gasteiger partial charge in [0.25, 0.3) is 0 Å². The van der Waals surface area contributed by atoms with Gasteiger partial charge in [0.2, 0.25) is 0 Å². The molecule has 0 spiro atoms. The number of nitrogens with zero attached hydrogens (tertiary/aromatic N) is 4. The average molecular weight is 638 g/mol. The van der Waals surface area contributed by atoms with Crippen LogP contribution in [-0.4, -0.2) is 19.5 Å². The molecule has 2 aromatic heterocycles. The van der Waals surface area contributed by atoms with E-state index in [2.05, 4.69) is 4.98 Å². The lowest BCUT2D eigenvalue weighted by Crippen LogP contribution is -2.04. The third-order valence-electron chi connectivity index (χ3n) is 8.77. The van der Waals surface area contributed by atoms with Gasteiger partial charge in [0, 0.05) is 27.5 Å². The number of hydrogen-bond acceptors (Lipinski definition) is 3. The molecule has 49 heavy (non-hydrogen) atoms. The molecule has 228 valence electrons. The van der Waals surface area contributed by atoms with Crippen LogP contribution in [0, 0.1) is 0 Å². The van der Waals surface area contributed by atoms with Gasteiger partial charge >= 0.3 is 0 Å². The van der Waals surface area contributed by atoms with E-state index in [0.29, 0.717) is 16.3 Å². The van der Waals surface area contributed by atoms with Crippen molar-refractivity contribution in [3.05, 3.63) is 170 Å². The fraction of sp³-hybridized carbons (Fsp3) is 0. The van der Waals surface area contributed by atoms with E-state index in [9.17, 15) is 2.74 Å². The zero-order valence-electron chi connectivity index (χ0n) is 38.4. The van der Waals surface area contributed by atoms with Crippen molar-refractivity contribution in [2.24, 2.45) is 0 Å². The largest absolute Gasteiger partial charge is 0.308 e. The predicted octanol–water partition coefficient (Wildman–Crippen LogP) is 11.4. The Balaban J connectivity index is 1.47. The van der Waals surface area contributed by atoms with E-state index in [4.69, 9.17) is 25.0 Å². The van der Waals surface area contributed by atoms with Gasteiger partial charge in [-0.3, -0.25) is 0 Å². The molecule has 0 aliphatic carbocycles. The van der Waals surface area contributed by atoms with Crippen LogP contribution >= 0.6 is 0 Å². The Morgan fingerprint density at radius 2 is 0.857 bits per heavy atom. The highest BCUT2D eigenvalue weighted by Crippen LogP contribution is 2.42. The summed E-state index contributed by atoms with van der Waals surface area (Å²) >= 11 is 0. The molecule has 4 heteroatoms. The summed E-state index contributed by atoms with van der Waals surface area (Å²) in [4.78, 5) is 14.5. The molecule has 0 aliphatic rings. The van der Waals surface area contributed by atoms with Crippen LogP contribution in [0.5, 0.6) is 0 Å². The van der Waals surface area contributed by atoms with Gasteiger partial charge in [0.05, 0.1) is 34.5 Å². The molecular formula is C45H28N4. The molecule has 10 rings (SSSR count). The summed E-state index contributed by atoms with van der Waals surface area (Å²) in [6, 6.07) is 20.7. The van der Waals surface area contributed by atoms with E-state index < -0.39 is 78.6 Å². The molecule has 0 saturated carbocycles. The Morgan fingerprint density at radius 1 is 0.388 bits per heavy atom. The van der Waals surface area contributed by atoms with E-state index in [-0.39, 0.29) is 56.1 Å². The summed E-state index contributed by atoms with van der Waals surface area (Å²) in [5.74, 6) is -0.226. The van der Waals surface area contributed by atoms with Crippen LogP contribution < -0.4 is 0 Å². The molecule has 0 radical (unpaired) electrons. The van der Waals surface area contributed by atoms with Crippen molar-refractivity contribution in [3.63, 3.8) is 0 Å². The lowest BCUT2D eigenvalue weighted by Gasteiger charge is -2.18. The van der Waals surface area contributed by atoms with Crippen LogP contribution in [0.4, 0.5) is 0 Å². The second-order valence-corrected chi connectivity index (χ2v) is 11.5. The minimum Gasteiger partial charge on any atom is -0.308 e. The Kier molecular flexibility index (Phi) is 3.91. The molecule has 0 N–H and O–H groups in total. The Morgan fingerprint density at radius 3 is 1.47 bits per heavy atom. The Hall–Kier alpha value is -6.65. The van der Waals surface area contributed by atoms with E-state index in [1.165, 1.54) is 4.57 Å². The molecule has 0 aliphatic heterocycles. The number of benzene rings is 8. The van der Waals surface area contributed by atoms with Crippen molar-refractivity contribution >= 4 is 54.1 Å². The number of hydrogen-bond donors (Lipinski definition) is 0. The van der Waals surface area contributed by atoms with Crippen molar-refractivity contribution in [3.8, 4) is 39.9 Å². The van der Waals surface area contributed by atoms with Crippen LogP contribution in [-0.2, 0) is 0 Å². The summed E-state index contributed by atoms with van der Waals surface area (Å²) in [5, 5.41) is 4.67. The quantitative estimate of drug-likeness (QED) is 0.180. The molecule has 8 aromatic carbocycles. The lowest BCUT2D eigenvalue weighted by atomic mass is 9.92. The fourth-order valence-electron chi connectivity index (χ4n) is 6.65. The fourth-order valence-corrected chi connectivity index (χ4v) is 6.65. The topological polar surface area (TPSA) is 43.6 Å². The highest BCUT2D eigenvalue weighted by atomic mass is 15.1. The normalized spacial score (nSPS) is 15.4. The van der Waals surface area contributed by atoms with Crippen molar-refractivity contribution < 1.29 is 17.8 Å². The average Bonchev–Trinajstić information content (AvgIpc) is 3.66. The monoisotopic (exact) mass is 637 g/mol. The van der Waals surface area contributed by atoms with Crippen LogP contribution in [0.2, 0.25) is 0 Å². The maximum Gasteiger partial charge on any atom is 0.166 e. The molecule has 0 amide bonds. The summed E-state index contributed by atoms with van der Waals surface area (Å²) in [6.45, 7) is 0. The van der Waals surface area contributed by atoms with E-state index in [1.54, 1.807) is 36.4 Å². The van der Waals surface area contributed by atoms with Crippen molar-refractivity contribution in [1.29, 1.82) is 0 Å². The number of rotatable bonds is 4. The predicted molar refractivity (Wildman–Crippen MR) is 203 cm³/mol. The van der Waals surface area contributed by atoms with Gasteiger partial charge in [0.1, 0.15) is 0 Å². The highest BCUT2D eigenvalue weighted by Gasteiger charge is 2.21. The molecule has 0 fully saturated rings. The van der Waals surface area contributed by atoms with E-state index in [1.807, 2.05) is 54.6 Å². The number of aromatic nitrogens is 4. The first-order valence-corrected chi connectivity index (χ1v) is 15.5. The van der Waals surface area contributed by atoms with Crippen LogP contribution in [0.15, 0.2) is 170 Å². The van der Waals surface area contributed by atoms with E-state index in [0.717, 1.165) is 21.5 Å². The third kappa shape index (κ3) is 4.35. The first kappa shape index (κ1) is 17.5.